The molecule has 0 N–H and O–H groups in total. The molecule has 74 heavy (non-hydrogen) atoms. The van der Waals surface area contributed by atoms with Gasteiger partial charge in [0.2, 0.25) is 0 Å². The van der Waals surface area contributed by atoms with Crippen LogP contribution in [0, 0.1) is 0 Å². The molecule has 0 bridgehead atoms. The summed E-state index contributed by atoms with van der Waals surface area (Å²) in [5, 5.41) is 0. The Morgan fingerprint density at radius 2 is 0.730 bits per heavy atom. The molecule has 2 unspecified atom stereocenters. The van der Waals surface area contributed by atoms with E-state index in [1.165, 1.54) is 238 Å². The van der Waals surface area contributed by atoms with Gasteiger partial charge >= 0.3 is 11.9 Å². The van der Waals surface area contributed by atoms with Crippen LogP contribution >= 0.6 is 7.82 Å². The fourth-order valence-corrected chi connectivity index (χ4v) is 10.2. The molecule has 0 saturated heterocycles. The van der Waals surface area contributed by atoms with Gasteiger partial charge in [0.05, 0.1) is 27.7 Å². The lowest BCUT2D eigenvalue weighted by Gasteiger charge is -2.28. The van der Waals surface area contributed by atoms with Crippen LogP contribution in [-0.4, -0.2) is 70.0 Å². The number of ether oxygens (including phenoxy) is 2. The lowest BCUT2D eigenvalue weighted by molar-refractivity contribution is -0.870. The van der Waals surface area contributed by atoms with Gasteiger partial charge in [-0.05, 0) is 44.9 Å². The molecular formula is C64H124NO8P. The van der Waals surface area contributed by atoms with Crippen LogP contribution < -0.4 is 4.89 Å². The van der Waals surface area contributed by atoms with Crippen molar-refractivity contribution in [2.45, 2.75) is 328 Å². The van der Waals surface area contributed by atoms with Crippen molar-refractivity contribution in [2.24, 2.45) is 0 Å². The minimum absolute atomic E-state index is 0.0301. The average Bonchev–Trinajstić information content (AvgIpc) is 3.36. The molecule has 0 saturated carbocycles. The summed E-state index contributed by atoms with van der Waals surface area (Å²) in [6.45, 7) is 4.26. The lowest BCUT2D eigenvalue weighted by atomic mass is 10.0. The van der Waals surface area contributed by atoms with Crippen molar-refractivity contribution in [1.29, 1.82) is 0 Å². The quantitative estimate of drug-likeness (QED) is 0.0195. The Bertz CT molecular complexity index is 1300. The molecule has 0 aliphatic rings. The average molecular weight is 1070 g/mol. The molecule has 10 heteroatoms. The molecule has 0 aromatic carbocycles. The normalized spacial score (nSPS) is 13.3. The highest BCUT2D eigenvalue weighted by Gasteiger charge is 2.22. The van der Waals surface area contributed by atoms with Crippen LogP contribution in [0.3, 0.4) is 0 Å². The zero-order valence-corrected chi connectivity index (χ0v) is 50.7. The summed E-state index contributed by atoms with van der Waals surface area (Å²) >= 11 is 0. The van der Waals surface area contributed by atoms with Crippen molar-refractivity contribution in [1.82, 2.24) is 0 Å². The van der Waals surface area contributed by atoms with Gasteiger partial charge in [-0.15, -0.1) is 0 Å². The van der Waals surface area contributed by atoms with E-state index in [4.69, 9.17) is 18.5 Å². The highest BCUT2D eigenvalue weighted by Crippen LogP contribution is 2.38. The van der Waals surface area contributed by atoms with E-state index in [0.29, 0.717) is 17.4 Å². The lowest BCUT2D eigenvalue weighted by Crippen LogP contribution is -2.37. The van der Waals surface area contributed by atoms with Crippen LogP contribution in [0.5, 0.6) is 0 Å². The molecule has 0 aromatic rings. The molecule has 0 heterocycles. The smallest absolute Gasteiger partial charge is 0.306 e. The third kappa shape index (κ3) is 59.7. The maximum absolute atomic E-state index is 12.8. The number of carbonyl (C=O) groups excluding carboxylic acids is 2. The molecule has 0 aliphatic heterocycles. The Kier molecular flexibility index (Phi) is 55.1. The SMILES string of the molecule is CCCCC/C=C\C/C=C\CCCCCCCCCC(=O)OC(COC(=O)CCCCCCCCCCCCCCCCCCCCCCCCCCCCCCCCCCC)COP(=O)([O-])OCC[N+](C)(C)C. The molecule has 0 aliphatic carbocycles. The Morgan fingerprint density at radius 1 is 0.419 bits per heavy atom. The number of esters is 2. The van der Waals surface area contributed by atoms with E-state index < -0.39 is 26.5 Å². The van der Waals surface area contributed by atoms with Gasteiger partial charge in [-0.2, -0.15) is 0 Å². The number of hydrogen-bond donors (Lipinski definition) is 0. The maximum atomic E-state index is 12.8. The largest absolute Gasteiger partial charge is 0.756 e. The van der Waals surface area contributed by atoms with Crippen LogP contribution in [0.15, 0.2) is 24.3 Å². The summed E-state index contributed by atoms with van der Waals surface area (Å²) in [6, 6.07) is 0. The number of allylic oxidation sites excluding steroid dienone is 4. The van der Waals surface area contributed by atoms with Gasteiger partial charge in [0.25, 0.3) is 7.82 Å². The summed E-state index contributed by atoms with van der Waals surface area (Å²) < 4.78 is 34.2. The fraction of sp³-hybridized carbons (Fsp3) is 0.906. The van der Waals surface area contributed by atoms with E-state index in [2.05, 4.69) is 38.2 Å². The second-order valence-electron chi connectivity index (χ2n) is 23.1. The van der Waals surface area contributed by atoms with Gasteiger partial charge in [-0.25, -0.2) is 0 Å². The van der Waals surface area contributed by atoms with Gasteiger partial charge in [-0.1, -0.05) is 289 Å². The van der Waals surface area contributed by atoms with Crippen molar-refractivity contribution in [3.05, 3.63) is 24.3 Å². The molecule has 0 amide bonds. The second-order valence-corrected chi connectivity index (χ2v) is 24.5. The zero-order valence-electron chi connectivity index (χ0n) is 49.8. The minimum Gasteiger partial charge on any atom is -0.756 e. The molecule has 9 nitrogen and oxygen atoms in total. The number of phosphoric ester groups is 1. The monoisotopic (exact) mass is 1070 g/mol. The van der Waals surface area contributed by atoms with Crippen LogP contribution in [0.4, 0.5) is 0 Å². The summed E-state index contributed by atoms with van der Waals surface area (Å²) in [5.74, 6) is -0.826. The Labute approximate surface area is 459 Å². The molecule has 438 valence electrons. The first-order chi connectivity index (χ1) is 36.0. The number of nitrogens with zero attached hydrogens (tertiary/aromatic N) is 1. The van der Waals surface area contributed by atoms with E-state index in [9.17, 15) is 19.0 Å². The second kappa shape index (κ2) is 56.2. The van der Waals surface area contributed by atoms with E-state index in [0.717, 1.165) is 51.4 Å². The van der Waals surface area contributed by atoms with Gasteiger partial charge in [0, 0.05) is 12.8 Å². The van der Waals surface area contributed by atoms with Crippen molar-refractivity contribution >= 4 is 19.8 Å². The van der Waals surface area contributed by atoms with Crippen LogP contribution in [0.2, 0.25) is 0 Å². The number of rotatable bonds is 60. The van der Waals surface area contributed by atoms with E-state index in [1.807, 2.05) is 21.1 Å². The summed E-state index contributed by atoms with van der Waals surface area (Å²) in [7, 11) is 1.17. The highest BCUT2D eigenvalue weighted by atomic mass is 31.2. The van der Waals surface area contributed by atoms with Crippen molar-refractivity contribution < 1.29 is 42.1 Å². The summed E-state index contributed by atoms with van der Waals surface area (Å²) in [6.07, 6.45) is 68.3. The molecule has 0 aromatic heterocycles. The summed E-state index contributed by atoms with van der Waals surface area (Å²) in [5.41, 5.74) is 0. The molecule has 0 spiro atoms. The Balaban J connectivity index is 3.96. The highest BCUT2D eigenvalue weighted by molar-refractivity contribution is 7.45. The van der Waals surface area contributed by atoms with E-state index in [-0.39, 0.29) is 32.0 Å². The van der Waals surface area contributed by atoms with Gasteiger partial charge in [0.15, 0.2) is 6.10 Å². The van der Waals surface area contributed by atoms with Gasteiger partial charge in [-0.3, -0.25) is 14.2 Å². The molecular weight excluding hydrogens is 942 g/mol. The van der Waals surface area contributed by atoms with E-state index in [1.54, 1.807) is 0 Å². The van der Waals surface area contributed by atoms with Gasteiger partial charge in [0.1, 0.15) is 19.8 Å². The van der Waals surface area contributed by atoms with Crippen LogP contribution in [0.25, 0.3) is 0 Å². The predicted molar refractivity (Wildman–Crippen MR) is 314 cm³/mol. The summed E-state index contributed by atoms with van der Waals surface area (Å²) in [4.78, 5) is 37.9. The molecule has 2 atom stereocenters. The maximum Gasteiger partial charge on any atom is 0.306 e. The number of phosphoric acid groups is 1. The van der Waals surface area contributed by atoms with Crippen LogP contribution in [-0.2, 0) is 32.7 Å². The number of hydrogen-bond acceptors (Lipinski definition) is 8. The third-order valence-electron chi connectivity index (χ3n) is 14.5. The van der Waals surface area contributed by atoms with Gasteiger partial charge < -0.3 is 27.9 Å². The molecule has 0 rings (SSSR count). The first kappa shape index (κ1) is 72.5. The predicted octanol–water partition coefficient (Wildman–Crippen LogP) is 19.5. The Morgan fingerprint density at radius 3 is 1.09 bits per heavy atom. The Hall–Kier alpha value is -1.51. The number of likely N-dealkylation sites (N-methyl/N-ethyl adjacent to an activating group) is 1. The first-order valence-electron chi connectivity index (χ1n) is 32.0. The minimum atomic E-state index is -4.63. The topological polar surface area (TPSA) is 111 Å². The number of unbranched alkanes of at least 4 members (excludes halogenated alkanes) is 42. The van der Waals surface area contributed by atoms with Crippen molar-refractivity contribution in [3.63, 3.8) is 0 Å². The molecule has 0 fully saturated rings. The van der Waals surface area contributed by atoms with E-state index >= 15 is 0 Å². The first-order valence-corrected chi connectivity index (χ1v) is 33.5. The number of carbonyl (C=O) groups is 2. The van der Waals surface area contributed by atoms with Crippen molar-refractivity contribution in [3.8, 4) is 0 Å². The fourth-order valence-electron chi connectivity index (χ4n) is 9.51. The zero-order chi connectivity index (χ0) is 54.2. The molecule has 0 radical (unpaired) electrons. The standard InChI is InChI=1S/C64H124NO8P/c1-6-8-10-12-14-16-18-20-22-24-25-26-27-28-29-30-31-32-33-34-35-36-37-38-39-41-42-44-46-48-50-52-54-56-63(66)70-60-62(61-72-74(68,69)71-59-58-65(3,4)5)73-64(67)57-55-53-51-49-47-45-43-40-23-21-19-17-15-13-11-9-7-2/h15,17,21,23,62H,6-14,16,18-20,22,24-61H2,1-5H3/b17-15-,23-21-. The third-order valence-corrected chi connectivity index (χ3v) is 15.4. The van der Waals surface area contributed by atoms with Crippen molar-refractivity contribution in [2.75, 3.05) is 47.5 Å². The number of quaternary nitrogens is 1. The van der Waals surface area contributed by atoms with Crippen LogP contribution in [0.1, 0.15) is 322 Å².